The first-order valence-electron chi connectivity index (χ1n) is 5.79. The molecule has 3 N–H and O–H groups in total. The molecule has 0 atom stereocenters. The standard InChI is InChI=1S/C11H13N3O5/c15-9(16)5-11(2-1-3-11)13-10(17)8-4-7(6-12-8)14(18)19/h4,6,12H,1-3,5H2,(H,13,17)(H,15,16). The summed E-state index contributed by atoms with van der Waals surface area (Å²) in [6.07, 6.45) is 3.06. The number of nitrogens with zero attached hydrogens (tertiary/aromatic N) is 1. The van der Waals surface area contributed by atoms with E-state index in [1.54, 1.807) is 0 Å². The maximum atomic E-state index is 11.9. The highest BCUT2D eigenvalue weighted by Gasteiger charge is 2.40. The fraction of sp³-hybridized carbons (Fsp3) is 0.455. The first kappa shape index (κ1) is 13.1. The SMILES string of the molecule is O=C(O)CC1(NC(=O)c2cc([N+](=O)[O-])c[nH]2)CCC1. The van der Waals surface area contributed by atoms with Gasteiger partial charge in [-0.2, -0.15) is 0 Å². The lowest BCUT2D eigenvalue weighted by atomic mass is 9.74. The van der Waals surface area contributed by atoms with Gasteiger partial charge in [0.25, 0.3) is 11.6 Å². The van der Waals surface area contributed by atoms with E-state index < -0.39 is 22.3 Å². The van der Waals surface area contributed by atoms with Crippen LogP contribution in [0.4, 0.5) is 5.69 Å². The lowest BCUT2D eigenvalue weighted by Crippen LogP contribution is -2.54. The lowest BCUT2D eigenvalue weighted by molar-refractivity contribution is -0.384. The molecular formula is C11H13N3O5. The van der Waals surface area contributed by atoms with Crippen molar-refractivity contribution in [2.24, 2.45) is 0 Å². The van der Waals surface area contributed by atoms with E-state index in [2.05, 4.69) is 10.3 Å². The number of carbonyl (C=O) groups is 2. The quantitative estimate of drug-likeness (QED) is 0.543. The van der Waals surface area contributed by atoms with Gasteiger partial charge in [0, 0.05) is 6.07 Å². The molecule has 0 spiro atoms. The zero-order valence-electron chi connectivity index (χ0n) is 10.0. The first-order chi connectivity index (χ1) is 8.92. The Morgan fingerprint density at radius 1 is 1.53 bits per heavy atom. The fourth-order valence-corrected chi connectivity index (χ4v) is 2.17. The molecule has 1 aromatic rings. The molecule has 8 nitrogen and oxygen atoms in total. The van der Waals surface area contributed by atoms with Gasteiger partial charge in [-0.05, 0) is 19.3 Å². The van der Waals surface area contributed by atoms with Crippen LogP contribution in [0.15, 0.2) is 12.3 Å². The van der Waals surface area contributed by atoms with E-state index in [9.17, 15) is 19.7 Å². The van der Waals surface area contributed by atoms with Crippen LogP contribution in [0.3, 0.4) is 0 Å². The first-order valence-corrected chi connectivity index (χ1v) is 5.79. The van der Waals surface area contributed by atoms with Crippen molar-refractivity contribution in [3.63, 3.8) is 0 Å². The highest BCUT2D eigenvalue weighted by atomic mass is 16.6. The van der Waals surface area contributed by atoms with E-state index in [-0.39, 0.29) is 17.8 Å². The molecule has 0 aromatic carbocycles. The Morgan fingerprint density at radius 2 is 2.21 bits per heavy atom. The molecule has 0 unspecified atom stereocenters. The Kier molecular flexibility index (Phi) is 3.24. The highest BCUT2D eigenvalue weighted by Crippen LogP contribution is 2.35. The van der Waals surface area contributed by atoms with Crippen molar-refractivity contribution < 1.29 is 19.6 Å². The van der Waals surface area contributed by atoms with E-state index >= 15 is 0 Å². The summed E-state index contributed by atoms with van der Waals surface area (Å²) < 4.78 is 0. The summed E-state index contributed by atoms with van der Waals surface area (Å²) in [6, 6.07) is 1.13. The molecule has 19 heavy (non-hydrogen) atoms. The van der Waals surface area contributed by atoms with Crippen LogP contribution in [0.5, 0.6) is 0 Å². The summed E-state index contributed by atoms with van der Waals surface area (Å²) in [5.74, 6) is -1.49. The molecule has 0 aliphatic heterocycles. The number of nitro groups is 1. The summed E-state index contributed by atoms with van der Waals surface area (Å²) in [6.45, 7) is 0. The van der Waals surface area contributed by atoms with Crippen molar-refractivity contribution >= 4 is 17.6 Å². The minimum atomic E-state index is -0.975. The zero-order chi connectivity index (χ0) is 14.0. The maximum absolute atomic E-state index is 11.9. The number of nitrogens with one attached hydrogen (secondary N) is 2. The third kappa shape index (κ3) is 2.72. The third-order valence-corrected chi connectivity index (χ3v) is 3.30. The van der Waals surface area contributed by atoms with E-state index in [0.717, 1.165) is 18.7 Å². The van der Waals surface area contributed by atoms with E-state index in [0.29, 0.717) is 12.8 Å². The largest absolute Gasteiger partial charge is 0.481 e. The molecule has 1 aliphatic rings. The van der Waals surface area contributed by atoms with Gasteiger partial charge in [0.1, 0.15) is 5.69 Å². The molecule has 0 radical (unpaired) electrons. The number of rotatable bonds is 5. The number of carboxylic acid groups (broad SMARTS) is 1. The van der Waals surface area contributed by atoms with Gasteiger partial charge in [0.05, 0.1) is 23.1 Å². The molecule has 1 amide bonds. The predicted octanol–water partition coefficient (Wildman–Crippen LogP) is 1.05. The molecule has 102 valence electrons. The van der Waals surface area contributed by atoms with Gasteiger partial charge in [-0.3, -0.25) is 19.7 Å². The van der Waals surface area contributed by atoms with Crippen molar-refractivity contribution in [1.29, 1.82) is 0 Å². The molecule has 1 aromatic heterocycles. The predicted molar refractivity (Wildman–Crippen MR) is 63.7 cm³/mol. The number of hydrogen-bond donors (Lipinski definition) is 3. The molecule has 2 rings (SSSR count). The zero-order valence-corrected chi connectivity index (χ0v) is 10.0. The van der Waals surface area contributed by atoms with Crippen LogP contribution < -0.4 is 5.32 Å². The van der Waals surface area contributed by atoms with Gasteiger partial charge in [-0.15, -0.1) is 0 Å². The minimum absolute atomic E-state index is 0.0587. The van der Waals surface area contributed by atoms with Gasteiger partial charge in [-0.1, -0.05) is 0 Å². The minimum Gasteiger partial charge on any atom is -0.481 e. The van der Waals surface area contributed by atoms with Crippen LogP contribution in [-0.2, 0) is 4.79 Å². The highest BCUT2D eigenvalue weighted by molar-refractivity contribution is 5.94. The van der Waals surface area contributed by atoms with Crippen molar-refractivity contribution in [3.05, 3.63) is 28.1 Å². The number of aromatic amines is 1. The van der Waals surface area contributed by atoms with Gasteiger partial charge >= 0.3 is 5.97 Å². The summed E-state index contributed by atoms with van der Waals surface area (Å²) in [5, 5.41) is 22.0. The van der Waals surface area contributed by atoms with Crippen molar-refractivity contribution in [3.8, 4) is 0 Å². The topological polar surface area (TPSA) is 125 Å². The van der Waals surface area contributed by atoms with Crippen LogP contribution in [0.2, 0.25) is 0 Å². The average molecular weight is 267 g/mol. The third-order valence-electron chi connectivity index (χ3n) is 3.30. The fourth-order valence-electron chi connectivity index (χ4n) is 2.17. The monoisotopic (exact) mass is 267 g/mol. The Hall–Kier alpha value is -2.38. The summed E-state index contributed by atoms with van der Waals surface area (Å²) in [7, 11) is 0. The van der Waals surface area contributed by atoms with Gasteiger partial charge in [0.15, 0.2) is 0 Å². The van der Waals surface area contributed by atoms with Crippen LogP contribution in [-0.4, -0.2) is 32.4 Å². The van der Waals surface area contributed by atoms with Crippen molar-refractivity contribution in [2.75, 3.05) is 0 Å². The Bertz CT molecular complexity index is 532. The molecule has 0 saturated heterocycles. The molecule has 8 heteroatoms. The van der Waals surface area contributed by atoms with Gasteiger partial charge in [-0.25, -0.2) is 0 Å². The smallest absolute Gasteiger partial charge is 0.305 e. The van der Waals surface area contributed by atoms with Gasteiger partial charge < -0.3 is 15.4 Å². The average Bonchev–Trinajstić information content (AvgIpc) is 2.74. The number of amides is 1. The molecule has 1 fully saturated rings. The second kappa shape index (κ2) is 4.71. The Balaban J connectivity index is 2.07. The number of hydrogen-bond acceptors (Lipinski definition) is 4. The molecular weight excluding hydrogens is 254 g/mol. The molecule has 1 heterocycles. The molecule has 1 saturated carbocycles. The summed E-state index contributed by atoms with van der Waals surface area (Å²) >= 11 is 0. The lowest BCUT2D eigenvalue weighted by Gasteiger charge is -2.41. The Morgan fingerprint density at radius 3 is 2.63 bits per heavy atom. The number of aromatic nitrogens is 1. The summed E-state index contributed by atoms with van der Waals surface area (Å²) in [4.78, 5) is 35.1. The molecule has 0 bridgehead atoms. The number of carbonyl (C=O) groups excluding carboxylic acids is 1. The number of aliphatic carboxylic acids is 1. The van der Waals surface area contributed by atoms with Gasteiger partial charge in [0.2, 0.25) is 0 Å². The van der Waals surface area contributed by atoms with E-state index in [4.69, 9.17) is 5.11 Å². The Labute approximate surface area is 108 Å². The normalized spacial score (nSPS) is 16.4. The van der Waals surface area contributed by atoms with Crippen molar-refractivity contribution in [1.82, 2.24) is 10.3 Å². The van der Waals surface area contributed by atoms with Crippen LogP contribution in [0.1, 0.15) is 36.2 Å². The second-order valence-corrected chi connectivity index (χ2v) is 4.69. The van der Waals surface area contributed by atoms with E-state index in [1.165, 1.54) is 0 Å². The second-order valence-electron chi connectivity index (χ2n) is 4.69. The summed E-state index contributed by atoms with van der Waals surface area (Å²) in [5.41, 5.74) is -0.864. The van der Waals surface area contributed by atoms with Crippen molar-refractivity contribution in [2.45, 2.75) is 31.2 Å². The number of carboxylic acids is 1. The van der Waals surface area contributed by atoms with Crippen LogP contribution >= 0.6 is 0 Å². The number of H-pyrrole nitrogens is 1. The maximum Gasteiger partial charge on any atom is 0.305 e. The molecule has 1 aliphatic carbocycles. The van der Waals surface area contributed by atoms with Crippen LogP contribution in [0, 0.1) is 10.1 Å². The van der Waals surface area contributed by atoms with E-state index in [1.807, 2.05) is 0 Å². The van der Waals surface area contributed by atoms with Crippen LogP contribution in [0.25, 0.3) is 0 Å².